The number of esters is 1. The van der Waals surface area contributed by atoms with Gasteiger partial charge in [0, 0.05) is 29.7 Å². The maximum Gasteiger partial charge on any atom is 0.313 e. The van der Waals surface area contributed by atoms with Gasteiger partial charge in [-0.15, -0.1) is 0 Å². The van der Waals surface area contributed by atoms with Crippen molar-refractivity contribution in [3.8, 4) is 11.1 Å². The van der Waals surface area contributed by atoms with E-state index in [1.807, 2.05) is 48.5 Å². The predicted molar refractivity (Wildman–Crippen MR) is 153 cm³/mol. The number of carbonyl (C=O) groups is 1. The summed E-state index contributed by atoms with van der Waals surface area (Å²) in [5.41, 5.74) is 4.51. The molecule has 204 valence electrons. The second kappa shape index (κ2) is 10.5. The van der Waals surface area contributed by atoms with Crippen molar-refractivity contribution >= 4 is 36.5 Å². The Kier molecular flexibility index (Phi) is 7.69. The van der Waals surface area contributed by atoms with Gasteiger partial charge in [-0.05, 0) is 72.9 Å². The van der Waals surface area contributed by atoms with Crippen LogP contribution in [0, 0.1) is 0 Å². The maximum atomic E-state index is 12.8. The number of fused-ring (bicyclic) bond motifs is 1. The first-order valence-electron chi connectivity index (χ1n) is 12.3. The second-order valence-electron chi connectivity index (χ2n) is 10.2. The van der Waals surface area contributed by atoms with Gasteiger partial charge in [-0.25, -0.2) is 16.8 Å². The minimum Gasteiger partial charge on any atom is -0.469 e. The van der Waals surface area contributed by atoms with Gasteiger partial charge >= 0.3 is 5.97 Å². The maximum absolute atomic E-state index is 12.8. The summed E-state index contributed by atoms with van der Waals surface area (Å²) >= 11 is 0. The van der Waals surface area contributed by atoms with Crippen LogP contribution < -0.4 is 0 Å². The van der Waals surface area contributed by atoms with E-state index in [0.29, 0.717) is 17.5 Å². The quantitative estimate of drug-likeness (QED) is 0.274. The molecule has 0 aliphatic carbocycles. The minimum atomic E-state index is -3.41. The Bertz CT molecular complexity index is 1760. The van der Waals surface area contributed by atoms with Crippen LogP contribution in [0.2, 0.25) is 0 Å². The van der Waals surface area contributed by atoms with Gasteiger partial charge in [0.25, 0.3) is 0 Å². The Morgan fingerprint density at radius 3 is 2.23 bits per heavy atom. The summed E-state index contributed by atoms with van der Waals surface area (Å²) in [5, 5.41) is 0.825. The van der Waals surface area contributed by atoms with Crippen LogP contribution in [-0.2, 0) is 40.4 Å². The molecule has 7 nitrogen and oxygen atoms in total. The molecule has 1 heterocycles. The number of sulfone groups is 2. The molecule has 0 aliphatic heterocycles. The number of nitrogens with zero attached hydrogens (tertiary/aromatic N) is 1. The van der Waals surface area contributed by atoms with Crippen molar-refractivity contribution in [2.24, 2.45) is 0 Å². The Morgan fingerprint density at radius 2 is 1.62 bits per heavy atom. The van der Waals surface area contributed by atoms with E-state index in [4.69, 9.17) is 4.74 Å². The first kappa shape index (κ1) is 28.4. The highest BCUT2D eigenvalue weighted by molar-refractivity contribution is 7.91. The number of pyridine rings is 1. The summed E-state index contributed by atoms with van der Waals surface area (Å²) in [6, 6.07) is 21.4. The second-order valence-corrected chi connectivity index (χ2v) is 14.8. The Labute approximate surface area is 229 Å². The van der Waals surface area contributed by atoms with Gasteiger partial charge in [0.2, 0.25) is 0 Å². The summed E-state index contributed by atoms with van der Waals surface area (Å²) in [4.78, 5) is 17.5. The molecule has 0 amide bonds. The number of rotatable bonds is 8. The molecule has 0 saturated heterocycles. The highest BCUT2D eigenvalue weighted by atomic mass is 32.2. The van der Waals surface area contributed by atoms with Crippen LogP contribution >= 0.6 is 0 Å². The molecular weight excluding hydrogens is 534 g/mol. The van der Waals surface area contributed by atoms with E-state index in [2.05, 4.69) is 4.98 Å². The van der Waals surface area contributed by atoms with Crippen LogP contribution in [0.1, 0.15) is 36.5 Å². The molecule has 0 spiro atoms. The third-order valence-electron chi connectivity index (χ3n) is 7.20. The summed E-state index contributed by atoms with van der Waals surface area (Å²) in [7, 11) is -5.46. The molecule has 39 heavy (non-hydrogen) atoms. The summed E-state index contributed by atoms with van der Waals surface area (Å²) in [6.07, 6.45) is 4.38. The van der Waals surface area contributed by atoms with Crippen LogP contribution in [0.4, 0.5) is 0 Å². The highest BCUT2D eigenvalue weighted by Crippen LogP contribution is 2.37. The fourth-order valence-corrected chi connectivity index (χ4v) is 5.68. The smallest absolute Gasteiger partial charge is 0.313 e. The van der Waals surface area contributed by atoms with E-state index >= 15 is 0 Å². The molecule has 0 bridgehead atoms. The Balaban J connectivity index is 1.79. The third-order valence-corrected chi connectivity index (χ3v) is 10.4. The molecule has 1 aromatic heterocycles. The summed E-state index contributed by atoms with van der Waals surface area (Å²) < 4.78 is 52.9. The van der Waals surface area contributed by atoms with E-state index in [0.717, 1.165) is 33.8 Å². The zero-order valence-electron chi connectivity index (χ0n) is 22.5. The van der Waals surface area contributed by atoms with E-state index in [-0.39, 0.29) is 4.90 Å². The van der Waals surface area contributed by atoms with Crippen LogP contribution in [0.3, 0.4) is 0 Å². The number of hydrogen-bond acceptors (Lipinski definition) is 7. The van der Waals surface area contributed by atoms with E-state index < -0.39 is 36.3 Å². The molecule has 0 N–H and O–H groups in total. The van der Waals surface area contributed by atoms with E-state index in [9.17, 15) is 21.6 Å². The standard InChI is InChI=1S/C30H31NO6S2/c1-30(2,39(5,35)36)24-18-23-10-7-15-31-28(23)26(19-24)22-9-6-8-20(16-22)17-27(29(32)37-3)21-11-13-25(14-12-21)38(4,33)34/h6-16,18-19,27H,17H2,1-5H3. The van der Waals surface area contributed by atoms with Gasteiger partial charge in [-0.1, -0.05) is 42.5 Å². The Hall–Kier alpha value is -3.56. The lowest BCUT2D eigenvalue weighted by Gasteiger charge is -2.24. The lowest BCUT2D eigenvalue weighted by atomic mass is 9.89. The number of aromatic nitrogens is 1. The number of hydrogen-bond donors (Lipinski definition) is 0. The number of benzene rings is 3. The van der Waals surface area contributed by atoms with Crippen molar-refractivity contribution in [2.75, 3.05) is 19.6 Å². The number of methoxy groups -OCH3 is 1. The zero-order chi connectivity index (χ0) is 28.6. The molecule has 0 saturated carbocycles. The Morgan fingerprint density at radius 1 is 0.923 bits per heavy atom. The largest absolute Gasteiger partial charge is 0.469 e. The topological polar surface area (TPSA) is 107 Å². The lowest BCUT2D eigenvalue weighted by Crippen LogP contribution is -2.28. The average molecular weight is 566 g/mol. The van der Waals surface area contributed by atoms with E-state index in [1.165, 1.54) is 25.5 Å². The van der Waals surface area contributed by atoms with Crippen molar-refractivity contribution in [1.29, 1.82) is 0 Å². The molecule has 0 fully saturated rings. The van der Waals surface area contributed by atoms with Crippen molar-refractivity contribution in [2.45, 2.75) is 35.8 Å². The van der Waals surface area contributed by atoms with Crippen LogP contribution in [-0.4, -0.2) is 47.4 Å². The summed E-state index contributed by atoms with van der Waals surface area (Å²) in [6.45, 7) is 3.38. The molecule has 0 radical (unpaired) electrons. The van der Waals surface area contributed by atoms with Crippen LogP contribution in [0.15, 0.2) is 83.9 Å². The van der Waals surface area contributed by atoms with Crippen molar-refractivity contribution in [1.82, 2.24) is 4.98 Å². The normalized spacial score (nSPS) is 13.3. The summed E-state index contributed by atoms with van der Waals surface area (Å²) in [5.74, 6) is -1.08. The number of ether oxygens (including phenoxy) is 1. The predicted octanol–water partition coefficient (Wildman–Crippen LogP) is 5.08. The molecule has 0 aliphatic rings. The molecule has 1 atom stereocenters. The van der Waals surface area contributed by atoms with Crippen LogP contribution in [0.5, 0.6) is 0 Å². The van der Waals surface area contributed by atoms with Crippen LogP contribution in [0.25, 0.3) is 22.0 Å². The fraction of sp³-hybridized carbons (Fsp3) is 0.267. The highest BCUT2D eigenvalue weighted by Gasteiger charge is 2.33. The van der Waals surface area contributed by atoms with Gasteiger partial charge in [-0.3, -0.25) is 9.78 Å². The van der Waals surface area contributed by atoms with Gasteiger partial charge in [0.15, 0.2) is 19.7 Å². The minimum absolute atomic E-state index is 0.174. The van der Waals surface area contributed by atoms with Gasteiger partial charge < -0.3 is 4.74 Å². The molecule has 3 aromatic carbocycles. The SMILES string of the molecule is COC(=O)C(Cc1cccc(-c2cc(C(C)(C)S(C)(=O)=O)cc3cccnc23)c1)c1ccc(S(C)(=O)=O)cc1. The first-order chi connectivity index (χ1) is 18.2. The van der Waals surface area contributed by atoms with Gasteiger partial charge in [0.05, 0.1) is 28.2 Å². The van der Waals surface area contributed by atoms with Crippen molar-refractivity contribution in [3.05, 3.63) is 95.7 Å². The monoisotopic (exact) mass is 565 g/mol. The average Bonchev–Trinajstić information content (AvgIpc) is 2.89. The first-order valence-corrected chi connectivity index (χ1v) is 16.1. The van der Waals surface area contributed by atoms with Crippen molar-refractivity contribution in [3.63, 3.8) is 0 Å². The molecule has 4 aromatic rings. The molecule has 9 heteroatoms. The van der Waals surface area contributed by atoms with Gasteiger partial charge in [0.1, 0.15) is 0 Å². The molecular formula is C30H31NO6S2. The third kappa shape index (κ3) is 5.89. The lowest BCUT2D eigenvalue weighted by molar-refractivity contribution is -0.142. The zero-order valence-corrected chi connectivity index (χ0v) is 24.1. The fourth-order valence-electron chi connectivity index (χ4n) is 4.50. The molecule has 1 unspecified atom stereocenters. The molecule has 4 rings (SSSR count). The van der Waals surface area contributed by atoms with Gasteiger partial charge in [-0.2, -0.15) is 0 Å². The van der Waals surface area contributed by atoms with E-state index in [1.54, 1.807) is 32.2 Å². The number of carbonyl (C=O) groups excluding carboxylic acids is 1. The van der Waals surface area contributed by atoms with Crippen molar-refractivity contribution < 1.29 is 26.4 Å².